The van der Waals surface area contributed by atoms with Gasteiger partial charge in [-0.1, -0.05) is 48.0 Å². The van der Waals surface area contributed by atoms with Crippen molar-refractivity contribution >= 4 is 28.6 Å². The van der Waals surface area contributed by atoms with Crippen LogP contribution in [0.4, 0.5) is 11.5 Å². The van der Waals surface area contributed by atoms with Gasteiger partial charge in [0.05, 0.1) is 23.8 Å². The fourth-order valence-electron chi connectivity index (χ4n) is 3.39. The third kappa shape index (κ3) is 2.83. The van der Waals surface area contributed by atoms with Crippen molar-refractivity contribution in [3.63, 3.8) is 0 Å². The highest BCUT2D eigenvalue weighted by Crippen LogP contribution is 2.32. The normalized spacial score (nSPS) is 15.4. The molecule has 132 valence electrons. The highest BCUT2D eigenvalue weighted by atomic mass is 15.3. The van der Waals surface area contributed by atoms with Crippen LogP contribution in [-0.2, 0) is 0 Å². The monoisotopic (exact) mass is 353 g/mol. The Morgan fingerprint density at radius 3 is 2.63 bits per heavy atom. The van der Waals surface area contributed by atoms with Gasteiger partial charge in [-0.25, -0.2) is 9.67 Å². The molecule has 5 heteroatoms. The molecule has 0 radical (unpaired) electrons. The zero-order chi connectivity index (χ0) is 18.2. The summed E-state index contributed by atoms with van der Waals surface area (Å²) in [5.41, 5.74) is 4.30. The zero-order valence-electron chi connectivity index (χ0n) is 14.9. The number of rotatable bonds is 3. The summed E-state index contributed by atoms with van der Waals surface area (Å²) in [7, 11) is 0. The fraction of sp³-hybridized carbons (Fsp3) is 0.0909. The Labute approximate surface area is 157 Å². The highest BCUT2D eigenvalue weighted by molar-refractivity contribution is 5.86. The standard InChI is InChI=1S/C22H19N5/c1-15-6-10-19(11-7-15)27-22-20(13-25-27)21(23-14-24-22)26-18-9-8-16-4-2-3-5-17(16)12-18/h2-14,21,26H,1H3,(H,23,24)/t21-/m1/s1. The van der Waals surface area contributed by atoms with Crippen LogP contribution in [0.15, 0.2) is 77.9 Å². The molecule has 1 aliphatic heterocycles. The Morgan fingerprint density at radius 2 is 1.78 bits per heavy atom. The number of aryl methyl sites for hydroxylation is 1. The Hall–Kier alpha value is -3.60. The first kappa shape index (κ1) is 15.6. The maximum Gasteiger partial charge on any atom is 0.151 e. The Balaban J connectivity index is 1.47. The van der Waals surface area contributed by atoms with Crippen LogP contribution >= 0.6 is 0 Å². The molecule has 0 saturated carbocycles. The predicted octanol–water partition coefficient (Wildman–Crippen LogP) is 4.90. The number of nitrogens with zero attached hydrogens (tertiary/aromatic N) is 3. The molecule has 0 unspecified atom stereocenters. The molecule has 2 heterocycles. The maximum atomic E-state index is 4.57. The lowest BCUT2D eigenvalue weighted by atomic mass is 10.1. The van der Waals surface area contributed by atoms with Crippen LogP contribution in [0.25, 0.3) is 16.5 Å². The molecule has 1 aromatic heterocycles. The van der Waals surface area contributed by atoms with Crippen LogP contribution in [-0.4, -0.2) is 16.1 Å². The highest BCUT2D eigenvalue weighted by Gasteiger charge is 2.22. The number of nitrogens with one attached hydrogen (secondary N) is 2. The first-order valence-electron chi connectivity index (χ1n) is 8.96. The molecule has 5 nitrogen and oxygen atoms in total. The molecule has 0 spiro atoms. The van der Waals surface area contributed by atoms with Crippen molar-refractivity contribution < 1.29 is 0 Å². The van der Waals surface area contributed by atoms with Crippen molar-refractivity contribution in [1.29, 1.82) is 0 Å². The second-order valence-electron chi connectivity index (χ2n) is 6.73. The van der Waals surface area contributed by atoms with Crippen molar-refractivity contribution in [2.75, 3.05) is 10.6 Å². The number of aromatic nitrogens is 2. The fourth-order valence-corrected chi connectivity index (χ4v) is 3.39. The molecule has 3 aromatic carbocycles. The van der Waals surface area contributed by atoms with Gasteiger partial charge in [-0.05, 0) is 42.0 Å². The van der Waals surface area contributed by atoms with Crippen molar-refractivity contribution in [2.24, 2.45) is 4.99 Å². The molecule has 0 aliphatic carbocycles. The average molecular weight is 353 g/mol. The van der Waals surface area contributed by atoms with Crippen molar-refractivity contribution in [1.82, 2.24) is 9.78 Å². The third-order valence-electron chi connectivity index (χ3n) is 4.85. The van der Waals surface area contributed by atoms with Crippen LogP contribution in [0.2, 0.25) is 0 Å². The predicted molar refractivity (Wildman–Crippen MR) is 111 cm³/mol. The van der Waals surface area contributed by atoms with Gasteiger partial charge >= 0.3 is 0 Å². The number of aliphatic imine (C=N–C) groups is 1. The number of hydrogen-bond acceptors (Lipinski definition) is 4. The van der Waals surface area contributed by atoms with Crippen LogP contribution in [0.1, 0.15) is 17.3 Å². The largest absolute Gasteiger partial charge is 0.360 e. The van der Waals surface area contributed by atoms with Gasteiger partial charge in [-0.3, -0.25) is 0 Å². The minimum absolute atomic E-state index is 0.179. The van der Waals surface area contributed by atoms with Gasteiger partial charge in [0.2, 0.25) is 0 Å². The average Bonchev–Trinajstić information content (AvgIpc) is 3.14. The second kappa shape index (κ2) is 6.29. The second-order valence-corrected chi connectivity index (χ2v) is 6.73. The van der Waals surface area contributed by atoms with E-state index in [-0.39, 0.29) is 6.17 Å². The Morgan fingerprint density at radius 1 is 0.963 bits per heavy atom. The van der Waals surface area contributed by atoms with Gasteiger partial charge in [-0.2, -0.15) is 5.10 Å². The molecule has 0 fully saturated rings. The molecule has 2 N–H and O–H groups in total. The van der Waals surface area contributed by atoms with Crippen molar-refractivity contribution in [3.05, 3.63) is 84.1 Å². The topological polar surface area (TPSA) is 54.2 Å². The van der Waals surface area contributed by atoms with E-state index in [9.17, 15) is 0 Å². The van der Waals surface area contributed by atoms with E-state index in [2.05, 4.69) is 94.4 Å². The van der Waals surface area contributed by atoms with Gasteiger partial charge in [0, 0.05) is 5.69 Å². The van der Waals surface area contributed by atoms with E-state index in [0.29, 0.717) is 0 Å². The molecule has 0 bridgehead atoms. The molecular formula is C22H19N5. The number of hydrogen-bond donors (Lipinski definition) is 2. The van der Waals surface area contributed by atoms with E-state index in [4.69, 9.17) is 0 Å². The van der Waals surface area contributed by atoms with E-state index in [1.807, 2.05) is 10.9 Å². The minimum atomic E-state index is -0.179. The third-order valence-corrected chi connectivity index (χ3v) is 4.85. The Bertz CT molecular complexity index is 1140. The van der Waals surface area contributed by atoms with E-state index in [1.54, 1.807) is 6.34 Å². The van der Waals surface area contributed by atoms with Crippen LogP contribution in [0.3, 0.4) is 0 Å². The van der Waals surface area contributed by atoms with Gasteiger partial charge in [-0.15, -0.1) is 0 Å². The molecule has 0 amide bonds. The molecule has 27 heavy (non-hydrogen) atoms. The van der Waals surface area contributed by atoms with Gasteiger partial charge in [0.15, 0.2) is 6.17 Å². The molecule has 4 aromatic rings. The maximum absolute atomic E-state index is 4.57. The summed E-state index contributed by atoms with van der Waals surface area (Å²) in [6.07, 6.45) is 3.42. The summed E-state index contributed by atoms with van der Waals surface area (Å²) in [6, 6.07) is 23.0. The smallest absolute Gasteiger partial charge is 0.151 e. The van der Waals surface area contributed by atoms with Crippen molar-refractivity contribution in [3.8, 4) is 5.69 Å². The molecule has 1 aliphatic rings. The lowest BCUT2D eigenvalue weighted by Gasteiger charge is -2.21. The van der Waals surface area contributed by atoms with Crippen LogP contribution < -0.4 is 10.6 Å². The molecule has 0 saturated heterocycles. The van der Waals surface area contributed by atoms with Gasteiger partial charge in [0.25, 0.3) is 0 Å². The summed E-state index contributed by atoms with van der Waals surface area (Å²) in [5.74, 6) is 0.937. The van der Waals surface area contributed by atoms with Gasteiger partial charge < -0.3 is 10.6 Å². The summed E-state index contributed by atoms with van der Waals surface area (Å²) < 4.78 is 1.91. The summed E-state index contributed by atoms with van der Waals surface area (Å²) in [4.78, 5) is 4.57. The first-order valence-corrected chi connectivity index (χ1v) is 8.96. The number of anilines is 2. The van der Waals surface area contributed by atoms with Gasteiger partial charge in [0.1, 0.15) is 5.82 Å². The number of fused-ring (bicyclic) bond motifs is 2. The van der Waals surface area contributed by atoms with Crippen molar-refractivity contribution in [2.45, 2.75) is 13.1 Å². The lowest BCUT2D eigenvalue weighted by molar-refractivity contribution is 0.832. The van der Waals surface area contributed by atoms with E-state index in [0.717, 1.165) is 22.8 Å². The summed E-state index contributed by atoms with van der Waals surface area (Å²) in [5, 5.41) is 13.8. The van der Waals surface area contributed by atoms with E-state index >= 15 is 0 Å². The quantitative estimate of drug-likeness (QED) is 0.551. The zero-order valence-corrected chi connectivity index (χ0v) is 14.9. The summed E-state index contributed by atoms with van der Waals surface area (Å²) in [6.45, 7) is 2.08. The summed E-state index contributed by atoms with van der Waals surface area (Å²) >= 11 is 0. The molecular weight excluding hydrogens is 334 g/mol. The Kier molecular flexibility index (Phi) is 3.64. The van der Waals surface area contributed by atoms with Crippen LogP contribution in [0.5, 0.6) is 0 Å². The van der Waals surface area contributed by atoms with E-state index in [1.165, 1.54) is 16.3 Å². The minimum Gasteiger partial charge on any atom is -0.360 e. The number of benzene rings is 3. The SMILES string of the molecule is Cc1ccc(-n2ncc3c2NC=N[C@@H]3Nc2ccc3ccccc3c2)cc1. The van der Waals surface area contributed by atoms with Crippen LogP contribution in [0, 0.1) is 6.92 Å². The van der Waals surface area contributed by atoms with E-state index < -0.39 is 0 Å². The first-order chi connectivity index (χ1) is 13.3. The molecule has 1 atom stereocenters. The molecule has 5 rings (SSSR count). The lowest BCUT2D eigenvalue weighted by Crippen LogP contribution is -2.17.